The van der Waals surface area contributed by atoms with Crippen LogP contribution in [0.15, 0.2) is 72.9 Å². The first-order chi connectivity index (χ1) is 17.1. The summed E-state index contributed by atoms with van der Waals surface area (Å²) in [6.45, 7) is 2.34. The number of carbonyl (C=O) groups is 1. The Balaban J connectivity index is 1.33. The molecule has 1 unspecified atom stereocenters. The fraction of sp³-hybridized carbons (Fsp3) is 0.379. The first kappa shape index (κ1) is 23.6. The van der Waals surface area contributed by atoms with E-state index < -0.39 is 11.6 Å². The van der Waals surface area contributed by atoms with Gasteiger partial charge in [0.1, 0.15) is 5.69 Å². The summed E-state index contributed by atoms with van der Waals surface area (Å²) in [5.41, 5.74) is 2.53. The van der Waals surface area contributed by atoms with Crippen LogP contribution in [-0.4, -0.2) is 45.9 Å². The summed E-state index contributed by atoms with van der Waals surface area (Å²) in [5.74, 6) is -1.22. The predicted octanol–water partition coefficient (Wildman–Crippen LogP) is 5.49. The van der Waals surface area contributed by atoms with Crippen LogP contribution in [0.5, 0.6) is 0 Å². The standard InChI is InChI=1S/C29H31F2N3O/c30-25-12-9-22(18-26(25)31)20-33-16-13-23(14-17-33)28(19-21-6-2-1-3-7-21)34(24-10-11-24)29(35)27-8-4-5-15-32-27/h1-9,12,15,18,23-24,28H,10-11,13-14,16-17,19-20H2. The quantitative estimate of drug-likeness (QED) is 0.432. The van der Waals surface area contributed by atoms with Crippen molar-refractivity contribution in [1.82, 2.24) is 14.8 Å². The summed E-state index contributed by atoms with van der Waals surface area (Å²) in [4.78, 5) is 22.4. The zero-order valence-electron chi connectivity index (χ0n) is 19.8. The summed E-state index contributed by atoms with van der Waals surface area (Å²) in [6, 6.07) is 20.4. The van der Waals surface area contributed by atoms with Gasteiger partial charge in [-0.05, 0) is 86.5 Å². The molecule has 1 aliphatic carbocycles. The monoisotopic (exact) mass is 475 g/mol. The van der Waals surface area contributed by atoms with Crippen molar-refractivity contribution in [3.63, 3.8) is 0 Å². The van der Waals surface area contributed by atoms with Gasteiger partial charge < -0.3 is 4.90 Å². The van der Waals surface area contributed by atoms with E-state index in [2.05, 4.69) is 39.0 Å². The van der Waals surface area contributed by atoms with Crippen LogP contribution in [-0.2, 0) is 13.0 Å². The molecule has 2 heterocycles. The highest BCUT2D eigenvalue weighted by atomic mass is 19.2. The average Bonchev–Trinajstić information content (AvgIpc) is 3.73. The van der Waals surface area contributed by atoms with Crippen LogP contribution in [0.4, 0.5) is 8.78 Å². The summed E-state index contributed by atoms with van der Waals surface area (Å²) < 4.78 is 27.0. The summed E-state index contributed by atoms with van der Waals surface area (Å²) in [5, 5.41) is 0. The van der Waals surface area contributed by atoms with Gasteiger partial charge in [0.25, 0.3) is 5.91 Å². The number of nitrogens with zero attached hydrogens (tertiary/aromatic N) is 3. The van der Waals surface area contributed by atoms with Gasteiger partial charge >= 0.3 is 0 Å². The highest BCUT2D eigenvalue weighted by molar-refractivity contribution is 5.93. The molecule has 1 atom stereocenters. The Morgan fingerprint density at radius 2 is 1.66 bits per heavy atom. The molecule has 0 spiro atoms. The Bertz CT molecular complexity index is 1130. The molecule has 1 amide bonds. The van der Waals surface area contributed by atoms with Crippen molar-refractivity contribution in [2.24, 2.45) is 5.92 Å². The molecule has 1 saturated heterocycles. The van der Waals surface area contributed by atoms with Crippen molar-refractivity contribution in [2.45, 2.75) is 50.7 Å². The SMILES string of the molecule is O=C(c1ccccn1)N(C1CC1)C(Cc1ccccc1)C1CCN(Cc2ccc(F)c(F)c2)CC1. The minimum atomic E-state index is -0.811. The van der Waals surface area contributed by atoms with Crippen molar-refractivity contribution in [3.05, 3.63) is 101 Å². The predicted molar refractivity (Wildman–Crippen MR) is 132 cm³/mol. The third-order valence-corrected chi connectivity index (χ3v) is 7.27. The van der Waals surface area contributed by atoms with E-state index in [1.165, 1.54) is 17.7 Å². The maximum Gasteiger partial charge on any atom is 0.272 e. The van der Waals surface area contributed by atoms with Gasteiger partial charge in [0.15, 0.2) is 11.6 Å². The van der Waals surface area contributed by atoms with Crippen molar-refractivity contribution >= 4 is 5.91 Å². The first-order valence-electron chi connectivity index (χ1n) is 12.5. The van der Waals surface area contributed by atoms with Crippen LogP contribution >= 0.6 is 0 Å². The fourth-order valence-electron chi connectivity index (χ4n) is 5.30. The number of pyridine rings is 1. The van der Waals surface area contributed by atoms with Crippen LogP contribution < -0.4 is 0 Å². The zero-order valence-corrected chi connectivity index (χ0v) is 19.8. The lowest BCUT2D eigenvalue weighted by atomic mass is 9.84. The third kappa shape index (κ3) is 5.76. The molecule has 0 N–H and O–H groups in total. The number of halogens is 2. The molecule has 2 aliphatic rings. The summed E-state index contributed by atoms with van der Waals surface area (Å²) >= 11 is 0. The Morgan fingerprint density at radius 1 is 0.914 bits per heavy atom. The lowest BCUT2D eigenvalue weighted by Crippen LogP contribution is -2.50. The number of hydrogen-bond acceptors (Lipinski definition) is 3. The van der Waals surface area contributed by atoms with Gasteiger partial charge in [0.2, 0.25) is 0 Å². The summed E-state index contributed by atoms with van der Waals surface area (Å²) in [7, 11) is 0. The van der Waals surface area contributed by atoms with E-state index in [-0.39, 0.29) is 18.0 Å². The van der Waals surface area contributed by atoms with Gasteiger partial charge in [-0.1, -0.05) is 42.5 Å². The smallest absolute Gasteiger partial charge is 0.272 e. The average molecular weight is 476 g/mol. The van der Waals surface area contributed by atoms with Gasteiger partial charge in [0.05, 0.1) is 0 Å². The molecule has 6 heteroatoms. The molecule has 1 aliphatic heterocycles. The highest BCUT2D eigenvalue weighted by Crippen LogP contribution is 2.36. The minimum Gasteiger partial charge on any atom is -0.331 e. The van der Waals surface area contributed by atoms with Crippen LogP contribution in [0, 0.1) is 17.6 Å². The molecule has 0 bridgehead atoms. The number of aromatic nitrogens is 1. The first-order valence-corrected chi connectivity index (χ1v) is 12.5. The zero-order chi connectivity index (χ0) is 24.2. The molecule has 182 valence electrons. The Kier molecular flexibility index (Phi) is 7.19. The van der Waals surface area contributed by atoms with Gasteiger partial charge in [-0.25, -0.2) is 8.78 Å². The molecule has 3 aromatic rings. The van der Waals surface area contributed by atoms with E-state index in [0.717, 1.165) is 50.8 Å². The molecule has 1 aromatic heterocycles. The molecular weight excluding hydrogens is 444 g/mol. The van der Waals surface area contributed by atoms with Crippen LogP contribution in [0.1, 0.15) is 47.3 Å². The molecule has 0 radical (unpaired) electrons. The number of hydrogen-bond donors (Lipinski definition) is 0. The maximum atomic E-state index is 13.7. The van der Waals surface area contributed by atoms with Crippen molar-refractivity contribution in [2.75, 3.05) is 13.1 Å². The third-order valence-electron chi connectivity index (χ3n) is 7.27. The summed E-state index contributed by atoms with van der Waals surface area (Å²) in [6.07, 6.45) is 6.50. The number of rotatable bonds is 8. The van der Waals surface area contributed by atoms with E-state index in [4.69, 9.17) is 0 Å². The topological polar surface area (TPSA) is 36.4 Å². The molecular formula is C29H31F2N3O. The number of carbonyl (C=O) groups excluding carboxylic acids is 1. The van der Waals surface area contributed by atoms with E-state index in [1.54, 1.807) is 12.3 Å². The van der Waals surface area contributed by atoms with Crippen LogP contribution in [0.3, 0.4) is 0 Å². The van der Waals surface area contributed by atoms with E-state index in [0.29, 0.717) is 18.2 Å². The Labute approximate surface area is 205 Å². The molecule has 1 saturated carbocycles. The second-order valence-electron chi connectivity index (χ2n) is 9.78. The maximum absolute atomic E-state index is 13.7. The molecule has 5 rings (SSSR count). The van der Waals surface area contributed by atoms with Crippen LogP contribution in [0.2, 0.25) is 0 Å². The van der Waals surface area contributed by atoms with E-state index >= 15 is 0 Å². The van der Waals surface area contributed by atoms with Gasteiger partial charge in [0, 0.05) is 24.8 Å². The second kappa shape index (κ2) is 10.6. The normalized spacial score (nSPS) is 17.8. The Morgan fingerprint density at radius 3 is 2.31 bits per heavy atom. The van der Waals surface area contributed by atoms with Gasteiger partial charge in [-0.3, -0.25) is 14.7 Å². The van der Waals surface area contributed by atoms with Gasteiger partial charge in [-0.2, -0.15) is 0 Å². The second-order valence-corrected chi connectivity index (χ2v) is 9.78. The molecule has 4 nitrogen and oxygen atoms in total. The van der Waals surface area contributed by atoms with Crippen LogP contribution in [0.25, 0.3) is 0 Å². The Hall–Kier alpha value is -3.12. The number of benzene rings is 2. The lowest BCUT2D eigenvalue weighted by Gasteiger charge is -2.42. The fourth-order valence-corrected chi connectivity index (χ4v) is 5.30. The molecule has 35 heavy (non-hydrogen) atoms. The highest BCUT2D eigenvalue weighted by Gasteiger charge is 2.42. The van der Waals surface area contributed by atoms with Crippen molar-refractivity contribution < 1.29 is 13.6 Å². The van der Waals surface area contributed by atoms with Crippen molar-refractivity contribution in [3.8, 4) is 0 Å². The molecule has 2 fully saturated rings. The largest absolute Gasteiger partial charge is 0.331 e. The van der Waals surface area contributed by atoms with E-state index in [9.17, 15) is 13.6 Å². The molecule has 2 aromatic carbocycles. The number of amides is 1. The number of piperidine rings is 1. The van der Waals surface area contributed by atoms with Gasteiger partial charge in [-0.15, -0.1) is 0 Å². The van der Waals surface area contributed by atoms with E-state index in [1.807, 2.05) is 24.3 Å². The number of likely N-dealkylation sites (tertiary alicyclic amines) is 1. The lowest BCUT2D eigenvalue weighted by molar-refractivity contribution is 0.0477. The van der Waals surface area contributed by atoms with Crippen molar-refractivity contribution in [1.29, 1.82) is 0 Å². The minimum absolute atomic E-state index is 0.0262.